The van der Waals surface area contributed by atoms with E-state index in [1.54, 1.807) is 0 Å². The average molecular weight is 205 g/mol. The summed E-state index contributed by atoms with van der Waals surface area (Å²) in [7, 11) is 0. The third-order valence-corrected chi connectivity index (χ3v) is 2.49. The van der Waals surface area contributed by atoms with Crippen LogP contribution in [0.1, 0.15) is 12.5 Å². The zero-order chi connectivity index (χ0) is 9.97. The van der Waals surface area contributed by atoms with Crippen molar-refractivity contribution in [3.05, 3.63) is 59.7 Å². The van der Waals surface area contributed by atoms with Gasteiger partial charge in [0.15, 0.2) is 0 Å². The van der Waals surface area contributed by atoms with Crippen molar-refractivity contribution in [1.29, 1.82) is 0 Å². The molecule has 2 aromatic rings. The minimum absolute atomic E-state index is 0.775. The summed E-state index contributed by atoms with van der Waals surface area (Å²) in [5.74, 6) is 0. The highest BCUT2D eigenvalue weighted by Crippen LogP contribution is 2.22. The number of nitrogens with zero attached hydrogens (tertiary/aromatic N) is 1. The molecule has 1 aromatic carbocycles. The fraction of sp³-hybridized carbons (Fsp3) is 0.0833. The second kappa shape index (κ2) is 3.89. The minimum Gasteiger partial charge on any atom is -0.322 e. The summed E-state index contributed by atoms with van der Waals surface area (Å²) >= 11 is 6.16. The molecule has 0 fully saturated rings. The molecule has 0 saturated carbocycles. The Morgan fingerprint density at radius 3 is 2.50 bits per heavy atom. The van der Waals surface area contributed by atoms with Crippen molar-refractivity contribution in [2.45, 2.75) is 6.92 Å². The number of aromatic nitrogens is 1. The monoisotopic (exact) mass is 204 g/mol. The van der Waals surface area contributed by atoms with E-state index < -0.39 is 0 Å². The highest BCUT2D eigenvalue weighted by atomic mass is 35.5. The van der Waals surface area contributed by atoms with E-state index in [2.05, 4.69) is 6.07 Å². The standard InChI is InChI=1S/C12H11ClN/c1-2-10-5-6-12(11(13)9-10)14-7-3-4-8-14/h2-9H,1H3. The normalized spacial score (nSPS) is 10.4. The second-order valence-electron chi connectivity index (χ2n) is 3.09. The van der Waals surface area contributed by atoms with Crippen molar-refractivity contribution in [3.8, 4) is 5.69 Å². The Bertz CT molecular complexity index is 418. The highest BCUT2D eigenvalue weighted by Gasteiger charge is 2.01. The van der Waals surface area contributed by atoms with Crippen LogP contribution in [0.15, 0.2) is 42.7 Å². The summed E-state index contributed by atoms with van der Waals surface area (Å²) in [6.45, 7) is 2.00. The molecule has 2 heteroatoms. The Hall–Kier alpha value is -1.21. The first kappa shape index (κ1) is 9.35. The topological polar surface area (TPSA) is 4.93 Å². The van der Waals surface area contributed by atoms with Crippen molar-refractivity contribution < 1.29 is 0 Å². The predicted molar refractivity (Wildman–Crippen MR) is 59.9 cm³/mol. The van der Waals surface area contributed by atoms with E-state index in [-0.39, 0.29) is 0 Å². The molecule has 0 unspecified atom stereocenters. The predicted octanol–water partition coefficient (Wildman–Crippen LogP) is 3.70. The molecule has 2 rings (SSSR count). The lowest BCUT2D eigenvalue weighted by Crippen LogP contribution is -1.91. The summed E-state index contributed by atoms with van der Waals surface area (Å²) in [5, 5.41) is 0.775. The third kappa shape index (κ3) is 1.68. The minimum atomic E-state index is 0.775. The van der Waals surface area contributed by atoms with Crippen molar-refractivity contribution >= 4 is 11.6 Å². The van der Waals surface area contributed by atoms with Gasteiger partial charge in [0.05, 0.1) is 10.7 Å². The fourth-order valence-electron chi connectivity index (χ4n) is 1.41. The number of halogens is 1. The first-order chi connectivity index (χ1) is 6.81. The van der Waals surface area contributed by atoms with Gasteiger partial charge in [-0.3, -0.25) is 0 Å². The van der Waals surface area contributed by atoms with Gasteiger partial charge < -0.3 is 4.57 Å². The van der Waals surface area contributed by atoms with Crippen molar-refractivity contribution in [2.75, 3.05) is 0 Å². The lowest BCUT2D eigenvalue weighted by atomic mass is 10.1. The van der Waals surface area contributed by atoms with Crippen LogP contribution in [0, 0.1) is 6.42 Å². The van der Waals surface area contributed by atoms with Gasteiger partial charge in [-0.1, -0.05) is 24.6 Å². The van der Waals surface area contributed by atoms with Crippen LogP contribution in [0.2, 0.25) is 5.02 Å². The molecular formula is C12H11ClN. The third-order valence-electron chi connectivity index (χ3n) is 2.19. The van der Waals surface area contributed by atoms with Crippen LogP contribution in [0.4, 0.5) is 0 Å². The van der Waals surface area contributed by atoms with Crippen LogP contribution >= 0.6 is 11.6 Å². The quantitative estimate of drug-likeness (QED) is 0.703. The Morgan fingerprint density at radius 2 is 1.93 bits per heavy atom. The zero-order valence-corrected chi connectivity index (χ0v) is 8.70. The first-order valence-corrected chi connectivity index (χ1v) is 4.91. The van der Waals surface area contributed by atoms with Crippen LogP contribution in [0.25, 0.3) is 5.69 Å². The van der Waals surface area contributed by atoms with Gasteiger partial charge >= 0.3 is 0 Å². The van der Waals surface area contributed by atoms with Crippen molar-refractivity contribution in [2.24, 2.45) is 0 Å². The molecule has 71 valence electrons. The molecule has 0 bridgehead atoms. The highest BCUT2D eigenvalue weighted by molar-refractivity contribution is 6.32. The Kier molecular flexibility index (Phi) is 2.60. The van der Waals surface area contributed by atoms with Crippen LogP contribution < -0.4 is 0 Å². The van der Waals surface area contributed by atoms with Gasteiger partial charge in [0.2, 0.25) is 0 Å². The van der Waals surface area contributed by atoms with Gasteiger partial charge in [-0.05, 0) is 36.2 Å². The van der Waals surface area contributed by atoms with Gasteiger partial charge in [0, 0.05) is 12.4 Å². The number of hydrogen-bond acceptors (Lipinski definition) is 0. The molecule has 0 aliphatic carbocycles. The van der Waals surface area contributed by atoms with Gasteiger partial charge in [-0.15, -0.1) is 0 Å². The lowest BCUT2D eigenvalue weighted by molar-refractivity contribution is 1.08. The molecule has 0 amide bonds. The summed E-state index contributed by atoms with van der Waals surface area (Å²) in [5.41, 5.74) is 2.16. The number of rotatable bonds is 2. The van der Waals surface area contributed by atoms with Crippen molar-refractivity contribution in [1.82, 2.24) is 4.57 Å². The maximum Gasteiger partial charge on any atom is 0.0649 e. The van der Waals surface area contributed by atoms with Crippen LogP contribution in [-0.2, 0) is 0 Å². The molecule has 0 aliphatic heterocycles. The summed E-state index contributed by atoms with van der Waals surface area (Å²) in [4.78, 5) is 0. The van der Waals surface area contributed by atoms with Crippen LogP contribution in [-0.4, -0.2) is 4.57 Å². The van der Waals surface area contributed by atoms with E-state index in [0.717, 1.165) is 16.3 Å². The second-order valence-corrected chi connectivity index (χ2v) is 3.50. The SMILES string of the molecule is C[CH]c1ccc(-n2cccc2)c(Cl)c1. The van der Waals surface area contributed by atoms with E-state index in [0.29, 0.717) is 0 Å². The first-order valence-electron chi connectivity index (χ1n) is 4.53. The lowest BCUT2D eigenvalue weighted by Gasteiger charge is -2.06. The van der Waals surface area contributed by atoms with Crippen molar-refractivity contribution in [3.63, 3.8) is 0 Å². The average Bonchev–Trinajstić information content (AvgIpc) is 2.70. The molecule has 14 heavy (non-hydrogen) atoms. The van der Waals surface area contributed by atoms with E-state index in [9.17, 15) is 0 Å². The number of benzene rings is 1. The summed E-state index contributed by atoms with van der Waals surface area (Å²) < 4.78 is 2.00. The maximum atomic E-state index is 6.16. The molecule has 1 aromatic heterocycles. The summed E-state index contributed by atoms with van der Waals surface area (Å²) in [6.07, 6.45) is 6.00. The smallest absolute Gasteiger partial charge is 0.0649 e. The van der Waals surface area contributed by atoms with E-state index in [1.807, 2.05) is 54.6 Å². The Labute approximate surface area is 88.9 Å². The molecule has 0 spiro atoms. The molecule has 0 N–H and O–H groups in total. The van der Waals surface area contributed by atoms with Gasteiger partial charge in [0.1, 0.15) is 0 Å². The molecule has 0 saturated heterocycles. The fourth-order valence-corrected chi connectivity index (χ4v) is 1.69. The van der Waals surface area contributed by atoms with Gasteiger partial charge in [-0.2, -0.15) is 0 Å². The molecule has 1 nitrogen and oxygen atoms in total. The molecule has 1 radical (unpaired) electrons. The molecule has 0 atom stereocenters. The Balaban J connectivity index is 2.46. The molecule has 0 aliphatic rings. The number of hydrogen-bond donors (Lipinski definition) is 0. The molecular weight excluding hydrogens is 194 g/mol. The van der Waals surface area contributed by atoms with Gasteiger partial charge in [-0.25, -0.2) is 0 Å². The van der Waals surface area contributed by atoms with E-state index >= 15 is 0 Å². The largest absolute Gasteiger partial charge is 0.322 e. The zero-order valence-electron chi connectivity index (χ0n) is 7.94. The Morgan fingerprint density at radius 1 is 1.21 bits per heavy atom. The molecule has 1 heterocycles. The van der Waals surface area contributed by atoms with Gasteiger partial charge in [0.25, 0.3) is 0 Å². The van der Waals surface area contributed by atoms with E-state index in [4.69, 9.17) is 11.6 Å². The van der Waals surface area contributed by atoms with E-state index in [1.165, 1.54) is 0 Å². The summed E-state index contributed by atoms with van der Waals surface area (Å²) in [6, 6.07) is 10.0. The van der Waals surface area contributed by atoms with Crippen LogP contribution in [0.5, 0.6) is 0 Å². The maximum absolute atomic E-state index is 6.16. The van der Waals surface area contributed by atoms with Crippen LogP contribution in [0.3, 0.4) is 0 Å².